The third kappa shape index (κ3) is 7.60. The fourth-order valence-corrected chi connectivity index (χ4v) is 5.77. The summed E-state index contributed by atoms with van der Waals surface area (Å²) in [5.74, 6) is -0.621. The summed E-state index contributed by atoms with van der Waals surface area (Å²) in [5, 5.41) is 107. The van der Waals surface area contributed by atoms with Crippen LogP contribution < -0.4 is 5.32 Å². The van der Waals surface area contributed by atoms with Gasteiger partial charge in [-0.2, -0.15) is 0 Å². The lowest BCUT2D eigenvalue weighted by molar-refractivity contribution is -0.381. The first kappa shape index (κ1) is 36.6. The van der Waals surface area contributed by atoms with Crippen molar-refractivity contribution in [2.45, 2.75) is 150 Å². The van der Waals surface area contributed by atoms with Crippen molar-refractivity contribution in [1.29, 1.82) is 0 Å². The molecule has 0 unspecified atom stereocenters. The Hall–Kier alpha value is -1.21. The SMILES string of the molecule is CC(=O)N[C@@H]1[C@@H](O[C@@H]2O[C@@H](C)[C@H](O)[C@@H](O[C@@H]3O[C@@H](C)[C@H](O)[C@@H](O[C@@H]4O[C@@H](C)[C@H](O)[C@@H](O)[C@H]4O)[C@H]3O)[C@H]2O)[C@@H](O)[C@@H](CO)O[C@@H]1O. The lowest BCUT2D eigenvalue weighted by Gasteiger charge is -2.49. The zero-order chi connectivity index (χ0) is 33.5. The molecule has 0 aromatic carbocycles. The second kappa shape index (κ2) is 14.9. The van der Waals surface area contributed by atoms with Gasteiger partial charge < -0.3 is 89.5 Å². The summed E-state index contributed by atoms with van der Waals surface area (Å²) in [7, 11) is 0. The second-order valence-corrected chi connectivity index (χ2v) is 11.8. The minimum Gasteiger partial charge on any atom is -0.394 e. The zero-order valence-electron chi connectivity index (χ0n) is 25.0. The molecule has 0 radical (unpaired) electrons. The fraction of sp³-hybridized carbons (Fsp3) is 0.962. The molecule has 0 aliphatic carbocycles. The Morgan fingerprint density at radius 1 is 0.578 bits per heavy atom. The van der Waals surface area contributed by atoms with Crippen molar-refractivity contribution in [1.82, 2.24) is 5.32 Å². The number of carbonyl (C=O) groups is 1. The van der Waals surface area contributed by atoms with Gasteiger partial charge in [0, 0.05) is 6.92 Å². The number of ether oxygens (including phenoxy) is 7. The highest BCUT2D eigenvalue weighted by atomic mass is 16.8. The van der Waals surface area contributed by atoms with Gasteiger partial charge in [-0.15, -0.1) is 0 Å². The van der Waals surface area contributed by atoms with Crippen LogP contribution in [0.25, 0.3) is 0 Å². The Morgan fingerprint density at radius 3 is 1.44 bits per heavy atom. The van der Waals surface area contributed by atoms with Gasteiger partial charge in [-0.3, -0.25) is 4.79 Å². The minimum atomic E-state index is -1.85. The highest BCUT2D eigenvalue weighted by Gasteiger charge is 2.54. The van der Waals surface area contributed by atoms with Gasteiger partial charge >= 0.3 is 0 Å². The van der Waals surface area contributed by atoms with Crippen molar-refractivity contribution in [2.24, 2.45) is 0 Å². The smallest absolute Gasteiger partial charge is 0.217 e. The third-order valence-corrected chi connectivity index (χ3v) is 8.49. The van der Waals surface area contributed by atoms with E-state index in [0.717, 1.165) is 6.92 Å². The maximum Gasteiger partial charge on any atom is 0.217 e. The Labute approximate surface area is 257 Å². The summed E-state index contributed by atoms with van der Waals surface area (Å²) in [6.45, 7) is 4.63. The van der Waals surface area contributed by atoms with Crippen LogP contribution in [0, 0.1) is 0 Å². The van der Waals surface area contributed by atoms with Crippen molar-refractivity contribution in [2.75, 3.05) is 6.61 Å². The van der Waals surface area contributed by atoms with E-state index in [1.165, 1.54) is 20.8 Å². The second-order valence-electron chi connectivity index (χ2n) is 11.8. The Morgan fingerprint density at radius 2 is 1.00 bits per heavy atom. The molecule has 19 nitrogen and oxygen atoms in total. The van der Waals surface area contributed by atoms with Crippen molar-refractivity contribution in [3.05, 3.63) is 0 Å². The van der Waals surface area contributed by atoms with Crippen molar-refractivity contribution in [3.8, 4) is 0 Å². The first-order valence-corrected chi connectivity index (χ1v) is 14.7. The summed E-state index contributed by atoms with van der Waals surface area (Å²) >= 11 is 0. The van der Waals surface area contributed by atoms with Gasteiger partial charge in [0.2, 0.25) is 5.91 Å². The van der Waals surface area contributed by atoms with Crippen LogP contribution in [0.4, 0.5) is 0 Å². The number of hydrogen-bond donors (Lipinski definition) is 11. The maximum atomic E-state index is 11.8. The first-order chi connectivity index (χ1) is 21.1. The zero-order valence-corrected chi connectivity index (χ0v) is 25.0. The summed E-state index contributed by atoms with van der Waals surface area (Å²) in [6, 6.07) is -1.37. The molecule has 11 N–H and O–H groups in total. The van der Waals surface area contributed by atoms with E-state index in [1.807, 2.05) is 0 Å². The molecule has 45 heavy (non-hydrogen) atoms. The van der Waals surface area contributed by atoms with Crippen LogP contribution >= 0.6 is 0 Å². The lowest BCUT2D eigenvalue weighted by Crippen LogP contribution is -2.68. The van der Waals surface area contributed by atoms with E-state index < -0.39 is 135 Å². The van der Waals surface area contributed by atoms with Crippen LogP contribution in [0.3, 0.4) is 0 Å². The quantitative estimate of drug-likeness (QED) is 0.115. The van der Waals surface area contributed by atoms with E-state index in [1.54, 1.807) is 0 Å². The Balaban J connectivity index is 1.51. The predicted octanol–water partition coefficient (Wildman–Crippen LogP) is -6.52. The summed E-state index contributed by atoms with van der Waals surface area (Å²) < 4.78 is 39.0. The minimum absolute atomic E-state index is 0.621. The average molecular weight is 660 g/mol. The summed E-state index contributed by atoms with van der Waals surface area (Å²) in [5.41, 5.74) is 0. The maximum absolute atomic E-state index is 11.8. The van der Waals surface area contributed by atoms with E-state index in [9.17, 15) is 55.9 Å². The number of nitrogens with one attached hydrogen (secondary N) is 1. The van der Waals surface area contributed by atoms with E-state index in [0.29, 0.717) is 0 Å². The van der Waals surface area contributed by atoms with Gasteiger partial charge in [-0.25, -0.2) is 0 Å². The molecule has 262 valence electrons. The largest absolute Gasteiger partial charge is 0.394 e. The van der Waals surface area contributed by atoms with Crippen molar-refractivity contribution >= 4 is 5.91 Å². The van der Waals surface area contributed by atoms with Gasteiger partial charge in [0.05, 0.1) is 24.9 Å². The average Bonchev–Trinajstić information content (AvgIpc) is 2.98. The summed E-state index contributed by atoms with van der Waals surface area (Å²) in [6.07, 6.45) is -29.0. The van der Waals surface area contributed by atoms with E-state index in [-0.39, 0.29) is 0 Å². The molecule has 0 aromatic rings. The Bertz CT molecular complexity index is 980. The molecular formula is C26H45NO18. The fourth-order valence-electron chi connectivity index (χ4n) is 5.77. The third-order valence-electron chi connectivity index (χ3n) is 8.49. The number of carbonyl (C=O) groups excluding carboxylic acids is 1. The molecule has 4 heterocycles. The van der Waals surface area contributed by atoms with Crippen LogP contribution in [-0.2, 0) is 38.0 Å². The number of aliphatic hydroxyl groups excluding tert-OH is 10. The van der Waals surface area contributed by atoms with Crippen molar-refractivity contribution < 1.29 is 89.0 Å². The molecule has 0 aromatic heterocycles. The van der Waals surface area contributed by atoms with Gasteiger partial charge in [0.15, 0.2) is 25.2 Å². The van der Waals surface area contributed by atoms with E-state index in [2.05, 4.69) is 5.32 Å². The molecule has 4 aliphatic rings. The molecule has 20 atom stereocenters. The molecule has 0 saturated carbocycles. The van der Waals surface area contributed by atoms with Crippen molar-refractivity contribution in [3.63, 3.8) is 0 Å². The molecule has 0 bridgehead atoms. The normalized spacial score (nSPS) is 52.8. The molecule has 4 saturated heterocycles. The molecule has 19 heteroatoms. The summed E-state index contributed by atoms with van der Waals surface area (Å²) in [4.78, 5) is 11.8. The predicted molar refractivity (Wildman–Crippen MR) is 141 cm³/mol. The van der Waals surface area contributed by atoms with Crippen LogP contribution in [0.5, 0.6) is 0 Å². The van der Waals surface area contributed by atoms with Gasteiger partial charge in [-0.05, 0) is 20.8 Å². The van der Waals surface area contributed by atoms with Gasteiger partial charge in [0.1, 0.15) is 79.3 Å². The van der Waals surface area contributed by atoms with Gasteiger partial charge in [0.25, 0.3) is 0 Å². The number of amides is 1. The van der Waals surface area contributed by atoms with Crippen LogP contribution in [0.1, 0.15) is 27.7 Å². The molecule has 4 rings (SSSR count). The van der Waals surface area contributed by atoms with Gasteiger partial charge in [-0.1, -0.05) is 0 Å². The number of rotatable bonds is 8. The Kier molecular flexibility index (Phi) is 12.1. The molecule has 0 spiro atoms. The van der Waals surface area contributed by atoms with E-state index in [4.69, 9.17) is 33.2 Å². The molecule has 4 fully saturated rings. The van der Waals surface area contributed by atoms with Crippen LogP contribution in [0.15, 0.2) is 0 Å². The highest BCUT2D eigenvalue weighted by molar-refractivity contribution is 5.73. The molecule has 4 aliphatic heterocycles. The molecule has 1 amide bonds. The standard InChI is InChI=1S/C26H45NO18/c1-6-12(30)16(34)17(35)24(39-6)44-21-13(31)8(3)41-26(19(21)37)45-22-14(32)7(2)40-25(18(22)36)43-20-11(27-9(4)29)23(38)42-10(5-28)15(20)33/h6-8,10-26,28,30-38H,5H2,1-4H3,(H,27,29)/t6-,7-,8-,10+,11+,12-,13-,14-,15-,16+,17+,18+,19+,20+,21+,22+,23-,24-,25-,26-/m0/s1. The van der Waals surface area contributed by atoms with E-state index >= 15 is 0 Å². The number of aliphatic hydroxyl groups is 10. The lowest BCUT2D eigenvalue weighted by atomic mass is 9.95. The number of hydrogen-bond acceptors (Lipinski definition) is 18. The topological polar surface area (TPSA) is 296 Å². The van der Waals surface area contributed by atoms with Crippen LogP contribution in [0.2, 0.25) is 0 Å². The monoisotopic (exact) mass is 659 g/mol. The highest BCUT2D eigenvalue weighted by Crippen LogP contribution is 2.34. The van der Waals surface area contributed by atoms with Crippen LogP contribution in [-0.4, -0.2) is 186 Å². The first-order valence-electron chi connectivity index (χ1n) is 14.7. The molecular weight excluding hydrogens is 614 g/mol.